The molecule has 0 aliphatic heterocycles. The number of ether oxygens (including phenoxy) is 1. The number of benzene rings is 2. The van der Waals surface area contributed by atoms with Gasteiger partial charge in [-0.05, 0) is 56.7 Å². The molecule has 0 bridgehead atoms. The third-order valence-electron chi connectivity index (χ3n) is 3.66. The summed E-state index contributed by atoms with van der Waals surface area (Å²) >= 11 is 3.24. The van der Waals surface area contributed by atoms with Crippen LogP contribution in [-0.4, -0.2) is 24.3 Å². The molecule has 0 unspecified atom stereocenters. The molecule has 0 fully saturated rings. The van der Waals surface area contributed by atoms with Gasteiger partial charge in [0.05, 0.1) is 17.8 Å². The Kier molecular flexibility index (Phi) is 5.85. The Labute approximate surface area is 155 Å². The maximum absolute atomic E-state index is 12.1. The Morgan fingerprint density at radius 1 is 1.24 bits per heavy atom. The molecule has 0 saturated heterocycles. The van der Waals surface area contributed by atoms with Gasteiger partial charge in [0.1, 0.15) is 0 Å². The highest BCUT2D eigenvalue weighted by Gasteiger charge is 2.14. The van der Waals surface area contributed by atoms with Crippen LogP contribution in [0.25, 0.3) is 0 Å². The van der Waals surface area contributed by atoms with Gasteiger partial charge in [-0.25, -0.2) is 5.43 Å². The van der Waals surface area contributed by atoms with Crippen LogP contribution >= 0.6 is 15.9 Å². The fourth-order valence-electron chi connectivity index (χ4n) is 2.18. The van der Waals surface area contributed by atoms with Crippen LogP contribution in [0, 0.1) is 0 Å². The normalized spacial score (nSPS) is 11.6. The first-order valence-corrected chi connectivity index (χ1v) is 8.52. The van der Waals surface area contributed by atoms with Crippen molar-refractivity contribution < 1.29 is 14.6 Å². The molecule has 0 saturated carbocycles. The zero-order valence-electron chi connectivity index (χ0n) is 14.6. The molecular formula is C19H21BrN2O3. The Morgan fingerprint density at radius 2 is 1.88 bits per heavy atom. The number of aromatic hydroxyl groups is 1. The predicted octanol–water partition coefficient (Wildman–Crippen LogP) is 4.22. The zero-order valence-corrected chi connectivity index (χ0v) is 16.2. The Bertz CT molecular complexity index is 794. The monoisotopic (exact) mass is 404 g/mol. The van der Waals surface area contributed by atoms with E-state index in [4.69, 9.17) is 4.74 Å². The number of phenols is 1. The molecule has 6 heteroatoms. The molecule has 2 rings (SSSR count). The van der Waals surface area contributed by atoms with Crippen molar-refractivity contribution in [2.24, 2.45) is 5.10 Å². The van der Waals surface area contributed by atoms with Crippen molar-refractivity contribution in [3.63, 3.8) is 0 Å². The first kappa shape index (κ1) is 19.0. The topological polar surface area (TPSA) is 70.9 Å². The van der Waals surface area contributed by atoms with E-state index >= 15 is 0 Å². The van der Waals surface area contributed by atoms with Gasteiger partial charge >= 0.3 is 0 Å². The van der Waals surface area contributed by atoms with E-state index in [2.05, 4.69) is 47.2 Å². The SMILES string of the molecule is COc1cc(C=NNC(=O)c2ccc(C(C)(C)C)cc2)cc(Br)c1O. The number of methoxy groups -OCH3 is 1. The van der Waals surface area contributed by atoms with Gasteiger partial charge in [0, 0.05) is 5.56 Å². The van der Waals surface area contributed by atoms with Gasteiger partial charge in [-0.2, -0.15) is 5.10 Å². The van der Waals surface area contributed by atoms with Gasteiger partial charge in [-0.1, -0.05) is 32.9 Å². The second-order valence-electron chi connectivity index (χ2n) is 6.58. The molecule has 25 heavy (non-hydrogen) atoms. The van der Waals surface area contributed by atoms with Crippen molar-refractivity contribution in [3.05, 3.63) is 57.6 Å². The minimum atomic E-state index is -0.290. The third kappa shape index (κ3) is 4.82. The summed E-state index contributed by atoms with van der Waals surface area (Å²) in [5, 5.41) is 13.7. The minimum Gasteiger partial charge on any atom is -0.503 e. The van der Waals surface area contributed by atoms with Gasteiger partial charge in [0.15, 0.2) is 11.5 Å². The molecule has 2 N–H and O–H groups in total. The van der Waals surface area contributed by atoms with Crippen molar-refractivity contribution in [3.8, 4) is 11.5 Å². The lowest BCUT2D eigenvalue weighted by atomic mass is 9.87. The second kappa shape index (κ2) is 7.70. The minimum absolute atomic E-state index is 0.0163. The van der Waals surface area contributed by atoms with Crippen molar-refractivity contribution in [2.45, 2.75) is 26.2 Å². The lowest BCUT2D eigenvalue weighted by Crippen LogP contribution is -2.18. The highest BCUT2D eigenvalue weighted by Crippen LogP contribution is 2.34. The fraction of sp³-hybridized carbons (Fsp3) is 0.263. The van der Waals surface area contributed by atoms with Gasteiger partial charge < -0.3 is 9.84 Å². The summed E-state index contributed by atoms with van der Waals surface area (Å²) in [4.78, 5) is 12.1. The predicted molar refractivity (Wildman–Crippen MR) is 103 cm³/mol. The number of carbonyl (C=O) groups excluding carboxylic acids is 1. The number of hydrogen-bond donors (Lipinski definition) is 2. The van der Waals surface area contributed by atoms with Crippen LogP contribution in [0.1, 0.15) is 42.3 Å². The molecule has 1 amide bonds. The standard InChI is InChI=1S/C19H21BrN2O3/c1-19(2,3)14-7-5-13(6-8-14)18(24)22-21-11-12-9-15(20)17(23)16(10-12)25-4/h5-11,23H,1-4H3,(H,22,24). The van der Waals surface area contributed by atoms with Crippen LogP contribution < -0.4 is 10.2 Å². The number of amides is 1. The van der Waals surface area contributed by atoms with E-state index in [-0.39, 0.29) is 17.1 Å². The Hall–Kier alpha value is -2.34. The smallest absolute Gasteiger partial charge is 0.271 e. The molecule has 2 aromatic rings. The maximum Gasteiger partial charge on any atom is 0.271 e. The van der Waals surface area contributed by atoms with Crippen LogP contribution in [0.2, 0.25) is 0 Å². The zero-order chi connectivity index (χ0) is 18.6. The summed E-state index contributed by atoms with van der Waals surface area (Å²) in [5.41, 5.74) is 4.90. The summed E-state index contributed by atoms with van der Waals surface area (Å²) in [6.07, 6.45) is 1.48. The lowest BCUT2D eigenvalue weighted by Gasteiger charge is -2.18. The van der Waals surface area contributed by atoms with Crippen molar-refractivity contribution in [1.29, 1.82) is 0 Å². The van der Waals surface area contributed by atoms with E-state index in [1.54, 1.807) is 24.3 Å². The fourth-order valence-corrected chi connectivity index (χ4v) is 2.64. The molecule has 0 heterocycles. The van der Waals surface area contributed by atoms with Crippen LogP contribution in [0.3, 0.4) is 0 Å². The van der Waals surface area contributed by atoms with Gasteiger partial charge in [0.25, 0.3) is 5.91 Å². The Balaban J connectivity index is 2.07. The number of nitrogens with zero attached hydrogens (tertiary/aromatic N) is 1. The van der Waals surface area contributed by atoms with E-state index in [9.17, 15) is 9.90 Å². The number of carbonyl (C=O) groups is 1. The van der Waals surface area contributed by atoms with E-state index in [0.717, 1.165) is 5.56 Å². The van der Waals surface area contributed by atoms with Gasteiger partial charge in [-0.15, -0.1) is 0 Å². The molecular weight excluding hydrogens is 384 g/mol. The average molecular weight is 405 g/mol. The van der Waals surface area contributed by atoms with Crippen molar-refractivity contribution in [2.75, 3.05) is 7.11 Å². The van der Waals surface area contributed by atoms with Crippen LogP contribution in [-0.2, 0) is 5.41 Å². The first-order chi connectivity index (χ1) is 11.7. The number of phenolic OH excluding ortho intramolecular Hbond substituents is 1. The van der Waals surface area contributed by atoms with Crippen LogP contribution in [0.4, 0.5) is 0 Å². The summed E-state index contributed by atoms with van der Waals surface area (Å²) in [7, 11) is 1.46. The van der Waals surface area contributed by atoms with Gasteiger partial charge in [-0.3, -0.25) is 4.79 Å². The molecule has 0 aliphatic rings. The van der Waals surface area contributed by atoms with Crippen molar-refractivity contribution >= 4 is 28.1 Å². The van der Waals surface area contributed by atoms with Crippen LogP contribution in [0.5, 0.6) is 11.5 Å². The molecule has 5 nitrogen and oxygen atoms in total. The van der Waals surface area contributed by atoms with E-state index in [1.807, 2.05) is 12.1 Å². The summed E-state index contributed by atoms with van der Waals surface area (Å²) < 4.78 is 5.56. The van der Waals surface area contributed by atoms with E-state index in [0.29, 0.717) is 21.3 Å². The largest absolute Gasteiger partial charge is 0.503 e. The number of hydrogen-bond acceptors (Lipinski definition) is 4. The molecule has 132 valence electrons. The van der Waals surface area contributed by atoms with Crippen LogP contribution in [0.15, 0.2) is 46.0 Å². The molecule has 2 aromatic carbocycles. The van der Waals surface area contributed by atoms with Gasteiger partial charge in [0.2, 0.25) is 0 Å². The second-order valence-corrected chi connectivity index (χ2v) is 7.43. The quantitative estimate of drug-likeness (QED) is 0.591. The number of hydrazone groups is 1. The molecule has 0 aliphatic carbocycles. The number of halogens is 1. The molecule has 0 aromatic heterocycles. The molecule has 0 atom stereocenters. The molecule has 0 radical (unpaired) electrons. The summed E-state index contributed by atoms with van der Waals surface area (Å²) in [6.45, 7) is 6.36. The van der Waals surface area contributed by atoms with E-state index in [1.165, 1.54) is 13.3 Å². The van der Waals surface area contributed by atoms with Crippen molar-refractivity contribution in [1.82, 2.24) is 5.43 Å². The summed E-state index contributed by atoms with van der Waals surface area (Å²) in [6, 6.07) is 10.7. The lowest BCUT2D eigenvalue weighted by molar-refractivity contribution is 0.0955. The number of rotatable bonds is 4. The maximum atomic E-state index is 12.1. The third-order valence-corrected chi connectivity index (χ3v) is 4.27. The Morgan fingerprint density at radius 3 is 2.44 bits per heavy atom. The highest BCUT2D eigenvalue weighted by molar-refractivity contribution is 9.10. The highest BCUT2D eigenvalue weighted by atomic mass is 79.9. The average Bonchev–Trinajstić information content (AvgIpc) is 2.57. The number of nitrogens with one attached hydrogen (secondary N) is 1. The van der Waals surface area contributed by atoms with E-state index < -0.39 is 0 Å². The summed E-state index contributed by atoms with van der Waals surface area (Å²) in [5.74, 6) is 0.0454. The molecule has 0 spiro atoms. The first-order valence-electron chi connectivity index (χ1n) is 7.73.